The Morgan fingerprint density at radius 1 is 1.18 bits per heavy atom. The summed E-state index contributed by atoms with van der Waals surface area (Å²) in [5, 5.41) is 8.68. The molecule has 0 saturated carbocycles. The number of carboxylic acids is 1. The highest BCUT2D eigenvalue weighted by Gasteiger charge is 2.04. The number of hydrogen-bond donors (Lipinski definition) is 1. The second-order valence-corrected chi connectivity index (χ2v) is 3.51. The van der Waals surface area contributed by atoms with Gasteiger partial charge in [0.25, 0.3) is 5.56 Å². The number of rotatable bonds is 3. The molecule has 0 bridgehead atoms. The van der Waals surface area contributed by atoms with Gasteiger partial charge in [-0.15, -0.1) is 0 Å². The Bertz CT molecular complexity index is 590. The van der Waals surface area contributed by atoms with Crippen molar-refractivity contribution in [1.82, 2.24) is 9.55 Å². The van der Waals surface area contributed by atoms with Crippen molar-refractivity contribution >= 4 is 5.97 Å². The molecule has 0 aliphatic carbocycles. The molecule has 0 aliphatic heterocycles. The number of carbonyl (C=O) groups is 1. The molecule has 0 aliphatic rings. The molecular weight excluding hydrogens is 220 g/mol. The zero-order chi connectivity index (χ0) is 12.3. The first-order valence-corrected chi connectivity index (χ1v) is 4.99. The maximum absolute atomic E-state index is 11.4. The zero-order valence-corrected chi connectivity index (χ0v) is 8.91. The molecule has 0 amide bonds. The van der Waals surface area contributed by atoms with E-state index in [2.05, 4.69) is 4.98 Å². The second kappa shape index (κ2) is 4.61. The number of nitrogens with zero attached hydrogens (tertiary/aromatic N) is 2. The van der Waals surface area contributed by atoms with Crippen LogP contribution >= 0.6 is 0 Å². The van der Waals surface area contributed by atoms with Gasteiger partial charge in [-0.1, -0.05) is 0 Å². The zero-order valence-electron chi connectivity index (χ0n) is 8.91. The van der Waals surface area contributed by atoms with E-state index in [9.17, 15) is 9.59 Å². The van der Waals surface area contributed by atoms with Gasteiger partial charge in [0.15, 0.2) is 0 Å². The molecule has 0 spiro atoms. The Balaban J connectivity index is 2.44. The molecule has 5 heteroatoms. The first-order chi connectivity index (χ1) is 8.16. The predicted molar refractivity (Wildman–Crippen MR) is 61.6 cm³/mol. The molecule has 2 aromatic rings. The maximum atomic E-state index is 11.4. The minimum atomic E-state index is -1.04. The van der Waals surface area contributed by atoms with Crippen LogP contribution in [0.15, 0.2) is 47.7 Å². The van der Waals surface area contributed by atoms with Crippen molar-refractivity contribution in [1.29, 1.82) is 0 Å². The fraction of sp³-hybridized carbons (Fsp3) is 0.0833. The van der Waals surface area contributed by atoms with Gasteiger partial charge in [0, 0.05) is 24.7 Å². The summed E-state index contributed by atoms with van der Waals surface area (Å²) in [6.45, 7) is -0.336. The van der Waals surface area contributed by atoms with Crippen molar-refractivity contribution in [2.24, 2.45) is 0 Å². The Hall–Kier alpha value is -2.43. The van der Waals surface area contributed by atoms with E-state index in [1.807, 2.05) is 0 Å². The smallest absolute Gasteiger partial charge is 0.323 e. The lowest BCUT2D eigenvalue weighted by Crippen LogP contribution is -2.22. The van der Waals surface area contributed by atoms with Crippen LogP contribution in [0.4, 0.5) is 0 Å². The first-order valence-electron chi connectivity index (χ1n) is 4.99. The third-order valence-electron chi connectivity index (χ3n) is 2.30. The van der Waals surface area contributed by atoms with Crippen LogP contribution in [0.1, 0.15) is 0 Å². The Morgan fingerprint density at radius 2 is 1.88 bits per heavy atom. The van der Waals surface area contributed by atoms with Crippen molar-refractivity contribution in [3.63, 3.8) is 0 Å². The normalized spacial score (nSPS) is 10.1. The maximum Gasteiger partial charge on any atom is 0.323 e. The molecule has 0 atom stereocenters. The van der Waals surface area contributed by atoms with E-state index >= 15 is 0 Å². The molecule has 2 rings (SSSR count). The molecule has 5 nitrogen and oxygen atoms in total. The molecular formula is C12H10N2O3. The number of hydrogen-bond acceptors (Lipinski definition) is 3. The van der Waals surface area contributed by atoms with E-state index in [4.69, 9.17) is 5.11 Å². The van der Waals surface area contributed by atoms with Gasteiger partial charge < -0.3 is 9.67 Å². The summed E-state index contributed by atoms with van der Waals surface area (Å²) in [6, 6.07) is 6.62. The lowest BCUT2D eigenvalue weighted by Gasteiger charge is -2.05. The molecule has 2 heterocycles. The van der Waals surface area contributed by atoms with Crippen molar-refractivity contribution in [3.8, 4) is 11.1 Å². The standard InChI is InChI=1S/C12H10N2O3/c15-11-2-1-10(7-14(11)8-12(16)17)9-3-5-13-6-4-9/h1-7H,8H2,(H,16,17). The Morgan fingerprint density at radius 3 is 2.53 bits per heavy atom. The van der Waals surface area contributed by atoms with Crippen LogP contribution in [-0.2, 0) is 11.3 Å². The average Bonchev–Trinajstić information content (AvgIpc) is 2.32. The van der Waals surface area contributed by atoms with Crippen molar-refractivity contribution in [2.75, 3.05) is 0 Å². The van der Waals surface area contributed by atoms with Crippen LogP contribution < -0.4 is 5.56 Å². The van der Waals surface area contributed by atoms with E-state index in [-0.39, 0.29) is 12.1 Å². The van der Waals surface area contributed by atoms with Gasteiger partial charge in [-0.3, -0.25) is 14.6 Å². The van der Waals surface area contributed by atoms with Gasteiger partial charge >= 0.3 is 5.97 Å². The van der Waals surface area contributed by atoms with Gasteiger partial charge in [-0.2, -0.15) is 0 Å². The summed E-state index contributed by atoms with van der Waals surface area (Å²) in [7, 11) is 0. The highest BCUT2D eigenvalue weighted by atomic mass is 16.4. The predicted octanol–water partition coefficient (Wildman–Crippen LogP) is 0.995. The van der Waals surface area contributed by atoms with Crippen molar-refractivity contribution in [2.45, 2.75) is 6.54 Å². The summed E-state index contributed by atoms with van der Waals surface area (Å²) in [5.41, 5.74) is 1.34. The minimum absolute atomic E-state index is 0.329. The number of carboxylic acid groups (broad SMARTS) is 1. The van der Waals surface area contributed by atoms with Crippen LogP contribution in [0, 0.1) is 0 Å². The van der Waals surface area contributed by atoms with Crippen molar-refractivity contribution in [3.05, 3.63) is 53.2 Å². The average molecular weight is 230 g/mol. The van der Waals surface area contributed by atoms with Gasteiger partial charge in [-0.05, 0) is 29.3 Å². The van der Waals surface area contributed by atoms with Gasteiger partial charge in [0.1, 0.15) is 6.54 Å². The number of pyridine rings is 2. The molecule has 0 radical (unpaired) electrons. The topological polar surface area (TPSA) is 72.2 Å². The van der Waals surface area contributed by atoms with E-state index < -0.39 is 5.97 Å². The van der Waals surface area contributed by atoms with Crippen LogP contribution in [0.3, 0.4) is 0 Å². The van der Waals surface area contributed by atoms with E-state index in [0.717, 1.165) is 15.7 Å². The summed E-state index contributed by atoms with van der Waals surface area (Å²) in [5.74, 6) is -1.04. The fourth-order valence-corrected chi connectivity index (χ4v) is 1.52. The molecule has 0 unspecified atom stereocenters. The van der Waals surface area contributed by atoms with Gasteiger partial charge in [-0.25, -0.2) is 0 Å². The number of aliphatic carboxylic acids is 1. The van der Waals surface area contributed by atoms with E-state index in [0.29, 0.717) is 0 Å². The minimum Gasteiger partial charge on any atom is -0.480 e. The molecule has 0 saturated heterocycles. The lowest BCUT2D eigenvalue weighted by molar-refractivity contribution is -0.137. The highest BCUT2D eigenvalue weighted by molar-refractivity contribution is 5.67. The highest BCUT2D eigenvalue weighted by Crippen LogP contribution is 2.15. The molecule has 17 heavy (non-hydrogen) atoms. The summed E-state index contributed by atoms with van der Waals surface area (Å²) in [4.78, 5) is 25.9. The van der Waals surface area contributed by atoms with Gasteiger partial charge in [0.05, 0.1) is 0 Å². The van der Waals surface area contributed by atoms with Crippen LogP contribution in [0.2, 0.25) is 0 Å². The monoisotopic (exact) mass is 230 g/mol. The van der Waals surface area contributed by atoms with Crippen molar-refractivity contribution < 1.29 is 9.90 Å². The van der Waals surface area contributed by atoms with E-state index in [1.54, 1.807) is 30.6 Å². The van der Waals surface area contributed by atoms with Crippen LogP contribution in [-0.4, -0.2) is 20.6 Å². The summed E-state index contributed by atoms with van der Waals surface area (Å²) in [6.07, 6.45) is 4.82. The van der Waals surface area contributed by atoms with Crippen LogP contribution in [0.5, 0.6) is 0 Å². The molecule has 1 N–H and O–H groups in total. The quantitative estimate of drug-likeness (QED) is 0.853. The SMILES string of the molecule is O=C(O)Cn1cc(-c2ccncc2)ccc1=O. The largest absolute Gasteiger partial charge is 0.480 e. The van der Waals surface area contributed by atoms with Crippen LogP contribution in [0.25, 0.3) is 11.1 Å². The lowest BCUT2D eigenvalue weighted by atomic mass is 10.1. The van der Waals surface area contributed by atoms with E-state index in [1.165, 1.54) is 12.3 Å². The third-order valence-corrected chi connectivity index (χ3v) is 2.30. The molecule has 86 valence electrons. The summed E-state index contributed by atoms with van der Waals surface area (Å²) >= 11 is 0. The molecule has 0 fully saturated rings. The first kappa shape index (κ1) is 11.1. The van der Waals surface area contributed by atoms with Gasteiger partial charge in [0.2, 0.25) is 0 Å². The Labute approximate surface area is 97.0 Å². The molecule has 2 aromatic heterocycles. The fourth-order valence-electron chi connectivity index (χ4n) is 1.52. The third kappa shape index (κ3) is 2.57. The second-order valence-electron chi connectivity index (χ2n) is 3.51. The molecule has 0 aromatic carbocycles. The number of aromatic nitrogens is 2. The summed E-state index contributed by atoms with van der Waals surface area (Å²) < 4.78 is 1.16. The Kier molecular flexibility index (Phi) is 3.00.